The Morgan fingerprint density at radius 2 is 1.09 bits per heavy atom. The Hall–Kier alpha value is -2.37. The molecule has 1 atom stereocenters. The van der Waals surface area contributed by atoms with Gasteiger partial charge in [0.1, 0.15) is 12.6 Å². The molecule has 45 heavy (non-hydrogen) atoms. The SMILES string of the molecule is CC/C=C\C/C=C\C(/C=C\CCCCCC(=O)NCC(=O)O)OC(=O)CCCCCCCCCCCCCCCCCCCC. The second-order valence-electron chi connectivity index (χ2n) is 12.5. The van der Waals surface area contributed by atoms with Crippen LogP contribution in [0.25, 0.3) is 0 Å². The van der Waals surface area contributed by atoms with Crippen molar-refractivity contribution in [3.63, 3.8) is 0 Å². The van der Waals surface area contributed by atoms with Crippen molar-refractivity contribution >= 4 is 17.8 Å². The fraction of sp³-hybridized carbons (Fsp3) is 0.769. The number of nitrogens with one attached hydrogen (secondary N) is 1. The van der Waals surface area contributed by atoms with E-state index in [1.54, 1.807) is 0 Å². The molecule has 0 saturated heterocycles. The molecule has 0 heterocycles. The number of unbranched alkanes of at least 4 members (excludes halogenated alkanes) is 20. The van der Waals surface area contributed by atoms with Gasteiger partial charge in [-0.15, -0.1) is 0 Å². The van der Waals surface area contributed by atoms with E-state index in [1.165, 1.54) is 103 Å². The Labute approximate surface area is 276 Å². The molecule has 260 valence electrons. The maximum atomic E-state index is 12.5. The summed E-state index contributed by atoms with van der Waals surface area (Å²) < 4.78 is 5.76. The predicted molar refractivity (Wildman–Crippen MR) is 189 cm³/mol. The van der Waals surface area contributed by atoms with Crippen molar-refractivity contribution in [2.45, 2.75) is 187 Å². The number of carboxylic acid groups (broad SMARTS) is 1. The average Bonchev–Trinajstić information content (AvgIpc) is 3.02. The maximum Gasteiger partial charge on any atom is 0.322 e. The van der Waals surface area contributed by atoms with Crippen LogP contribution < -0.4 is 5.32 Å². The van der Waals surface area contributed by atoms with Crippen LogP contribution in [-0.2, 0) is 19.1 Å². The molecule has 0 saturated carbocycles. The van der Waals surface area contributed by atoms with Gasteiger partial charge in [-0.1, -0.05) is 154 Å². The van der Waals surface area contributed by atoms with Crippen LogP contribution in [0.1, 0.15) is 181 Å². The first-order valence-electron chi connectivity index (χ1n) is 18.7. The Bertz CT molecular complexity index is 788. The molecule has 0 aliphatic rings. The van der Waals surface area contributed by atoms with Crippen LogP contribution in [0.4, 0.5) is 0 Å². The summed E-state index contributed by atoms with van der Waals surface area (Å²) in [4.78, 5) is 34.6. The number of hydrogen-bond donors (Lipinski definition) is 2. The van der Waals surface area contributed by atoms with Gasteiger partial charge in [0.15, 0.2) is 0 Å². The van der Waals surface area contributed by atoms with Gasteiger partial charge in [-0.05, 0) is 50.7 Å². The quantitative estimate of drug-likeness (QED) is 0.0427. The summed E-state index contributed by atoms with van der Waals surface area (Å²) >= 11 is 0. The van der Waals surface area contributed by atoms with E-state index >= 15 is 0 Å². The van der Waals surface area contributed by atoms with Gasteiger partial charge in [-0.25, -0.2) is 0 Å². The molecule has 0 aromatic heterocycles. The molecule has 0 bridgehead atoms. The van der Waals surface area contributed by atoms with Crippen molar-refractivity contribution in [2.24, 2.45) is 0 Å². The first kappa shape index (κ1) is 42.6. The highest BCUT2D eigenvalue weighted by atomic mass is 16.5. The monoisotopic (exact) mass is 632 g/mol. The van der Waals surface area contributed by atoms with E-state index in [4.69, 9.17) is 9.84 Å². The third kappa shape index (κ3) is 34.3. The fourth-order valence-electron chi connectivity index (χ4n) is 5.30. The van der Waals surface area contributed by atoms with E-state index in [1.807, 2.05) is 24.3 Å². The molecule has 0 spiro atoms. The molecular weight excluding hydrogens is 562 g/mol. The highest BCUT2D eigenvalue weighted by Gasteiger charge is 2.09. The molecule has 6 nitrogen and oxygen atoms in total. The van der Waals surface area contributed by atoms with Crippen LogP contribution in [0.3, 0.4) is 0 Å². The first-order valence-corrected chi connectivity index (χ1v) is 18.7. The number of ether oxygens (including phenoxy) is 1. The molecule has 1 unspecified atom stereocenters. The van der Waals surface area contributed by atoms with Gasteiger partial charge in [0, 0.05) is 12.8 Å². The van der Waals surface area contributed by atoms with Gasteiger partial charge < -0.3 is 15.2 Å². The van der Waals surface area contributed by atoms with Gasteiger partial charge >= 0.3 is 11.9 Å². The number of esters is 1. The largest absolute Gasteiger partial charge is 0.480 e. The number of aliphatic carboxylic acids is 1. The van der Waals surface area contributed by atoms with Gasteiger partial charge in [-0.3, -0.25) is 14.4 Å². The zero-order valence-corrected chi connectivity index (χ0v) is 29.2. The lowest BCUT2D eigenvalue weighted by Gasteiger charge is -2.11. The molecule has 0 rings (SSSR count). The molecule has 0 aliphatic heterocycles. The van der Waals surface area contributed by atoms with Crippen molar-refractivity contribution in [2.75, 3.05) is 6.54 Å². The second kappa shape index (κ2) is 34.5. The highest BCUT2D eigenvalue weighted by molar-refractivity contribution is 5.80. The van der Waals surface area contributed by atoms with E-state index < -0.39 is 5.97 Å². The van der Waals surface area contributed by atoms with E-state index in [2.05, 4.69) is 31.3 Å². The average molecular weight is 632 g/mol. The predicted octanol–water partition coefficient (Wildman–Crippen LogP) is 10.9. The minimum Gasteiger partial charge on any atom is -0.480 e. The highest BCUT2D eigenvalue weighted by Crippen LogP contribution is 2.15. The maximum absolute atomic E-state index is 12.5. The molecule has 0 aromatic rings. The Kier molecular flexibility index (Phi) is 32.7. The van der Waals surface area contributed by atoms with Crippen molar-refractivity contribution in [1.82, 2.24) is 5.32 Å². The van der Waals surface area contributed by atoms with E-state index in [-0.39, 0.29) is 24.5 Å². The van der Waals surface area contributed by atoms with E-state index in [0.717, 1.165) is 51.4 Å². The summed E-state index contributed by atoms with van der Waals surface area (Å²) in [6, 6.07) is 0. The lowest BCUT2D eigenvalue weighted by atomic mass is 10.0. The third-order valence-electron chi connectivity index (χ3n) is 8.04. The fourth-order valence-corrected chi connectivity index (χ4v) is 5.30. The normalized spacial score (nSPS) is 12.4. The molecular formula is C39H69NO5. The molecule has 2 N–H and O–H groups in total. The molecule has 1 amide bonds. The zero-order chi connectivity index (χ0) is 33.1. The van der Waals surface area contributed by atoms with Gasteiger partial charge in [-0.2, -0.15) is 0 Å². The summed E-state index contributed by atoms with van der Waals surface area (Å²) in [5.74, 6) is -1.39. The lowest BCUT2D eigenvalue weighted by Crippen LogP contribution is -2.28. The number of hydrogen-bond acceptors (Lipinski definition) is 4. The van der Waals surface area contributed by atoms with Gasteiger partial charge in [0.2, 0.25) is 5.91 Å². The summed E-state index contributed by atoms with van der Waals surface area (Å²) in [7, 11) is 0. The number of carbonyl (C=O) groups is 3. The summed E-state index contributed by atoms with van der Waals surface area (Å²) in [5, 5.41) is 11.0. The topological polar surface area (TPSA) is 92.7 Å². The van der Waals surface area contributed by atoms with E-state index in [0.29, 0.717) is 12.8 Å². The van der Waals surface area contributed by atoms with Gasteiger partial charge in [0.05, 0.1) is 0 Å². The molecule has 0 aromatic carbocycles. The third-order valence-corrected chi connectivity index (χ3v) is 8.04. The minimum atomic E-state index is -1.03. The minimum absolute atomic E-state index is 0.137. The molecule has 6 heteroatoms. The van der Waals surface area contributed by atoms with Crippen LogP contribution in [0.5, 0.6) is 0 Å². The van der Waals surface area contributed by atoms with Crippen molar-refractivity contribution < 1.29 is 24.2 Å². The summed E-state index contributed by atoms with van der Waals surface area (Å²) in [6.07, 6.45) is 41.8. The number of carbonyl (C=O) groups excluding carboxylic acids is 2. The van der Waals surface area contributed by atoms with Crippen LogP contribution >= 0.6 is 0 Å². The number of amides is 1. The molecule has 0 radical (unpaired) electrons. The smallest absolute Gasteiger partial charge is 0.322 e. The van der Waals surface area contributed by atoms with Crippen LogP contribution in [-0.4, -0.2) is 35.6 Å². The van der Waals surface area contributed by atoms with Crippen molar-refractivity contribution in [3.8, 4) is 0 Å². The second-order valence-corrected chi connectivity index (χ2v) is 12.5. The van der Waals surface area contributed by atoms with E-state index in [9.17, 15) is 14.4 Å². The zero-order valence-electron chi connectivity index (χ0n) is 29.2. The van der Waals surface area contributed by atoms with Crippen LogP contribution in [0.15, 0.2) is 36.5 Å². The number of rotatable bonds is 33. The summed E-state index contributed by atoms with van der Waals surface area (Å²) in [5.41, 5.74) is 0. The lowest BCUT2D eigenvalue weighted by molar-refractivity contribution is -0.145. The summed E-state index contributed by atoms with van der Waals surface area (Å²) in [6.45, 7) is 4.06. The standard InChI is InChI=1S/C39H69NO5/c1-3-5-7-9-10-11-12-13-14-15-16-17-18-19-20-21-26-30-34-39(44)45-36(31-27-23-8-6-4-2)32-28-24-22-25-29-33-37(41)40-35-38(42)43/h6,8,27-28,31-32,36H,3-5,7,9-26,29-30,33-35H2,1-2H3,(H,40,41)(H,42,43)/b8-6-,31-27-,32-28-. The van der Waals surface area contributed by atoms with Gasteiger partial charge in [0.25, 0.3) is 0 Å². The van der Waals surface area contributed by atoms with Crippen molar-refractivity contribution in [1.29, 1.82) is 0 Å². The Balaban J connectivity index is 3.96. The Morgan fingerprint density at radius 3 is 1.62 bits per heavy atom. The Morgan fingerprint density at radius 1 is 0.600 bits per heavy atom. The molecule has 0 fully saturated rings. The van der Waals surface area contributed by atoms with Crippen LogP contribution in [0, 0.1) is 0 Å². The number of allylic oxidation sites excluding steroid dienone is 4. The first-order chi connectivity index (χ1) is 22.0. The van der Waals surface area contributed by atoms with Crippen LogP contribution in [0.2, 0.25) is 0 Å². The molecule has 0 aliphatic carbocycles. The van der Waals surface area contributed by atoms with Crippen molar-refractivity contribution in [3.05, 3.63) is 36.5 Å². The number of carboxylic acids is 1.